The number of rotatable bonds is 7. The second kappa shape index (κ2) is 11.4. The lowest BCUT2D eigenvalue weighted by molar-refractivity contribution is -0.131. The van der Waals surface area contributed by atoms with Crippen LogP contribution in [0.25, 0.3) is 0 Å². The molecule has 0 aliphatic carbocycles. The van der Waals surface area contributed by atoms with E-state index < -0.39 is 30.0 Å². The van der Waals surface area contributed by atoms with E-state index in [-0.39, 0.29) is 19.6 Å². The molecule has 0 bridgehead atoms. The van der Waals surface area contributed by atoms with Crippen molar-refractivity contribution in [3.8, 4) is 0 Å². The highest BCUT2D eigenvalue weighted by Crippen LogP contribution is 2.25. The number of hydrogen-bond acceptors (Lipinski definition) is 4. The lowest BCUT2D eigenvalue weighted by atomic mass is 9.93. The summed E-state index contributed by atoms with van der Waals surface area (Å²) in [5, 5.41) is 2.77. The van der Waals surface area contributed by atoms with Gasteiger partial charge < -0.3 is 15.8 Å². The van der Waals surface area contributed by atoms with Gasteiger partial charge in [-0.25, -0.2) is 4.79 Å². The third-order valence-corrected chi connectivity index (χ3v) is 6.72. The lowest BCUT2D eigenvalue weighted by Crippen LogP contribution is -2.56. The Morgan fingerprint density at radius 1 is 0.943 bits per heavy atom. The van der Waals surface area contributed by atoms with Gasteiger partial charge in [-0.05, 0) is 57.0 Å². The first-order valence-corrected chi connectivity index (χ1v) is 12.4. The molecule has 3 N–H and O–H groups in total. The predicted molar refractivity (Wildman–Crippen MR) is 140 cm³/mol. The third kappa shape index (κ3) is 6.39. The molecule has 1 heterocycles. The molecular weight excluding hydrogens is 557 g/mol. The number of ether oxygens (including phenoxy) is 1. The molecule has 1 aliphatic rings. The van der Waals surface area contributed by atoms with Gasteiger partial charge in [0.15, 0.2) is 0 Å². The molecule has 1 aliphatic heterocycles. The molecule has 3 aromatic rings. The molecule has 8 heteroatoms. The fourth-order valence-electron chi connectivity index (χ4n) is 4.10. The van der Waals surface area contributed by atoms with Crippen molar-refractivity contribution >= 4 is 40.5 Å². The average molecular weight is 583 g/mol. The van der Waals surface area contributed by atoms with Crippen molar-refractivity contribution in [3.63, 3.8) is 0 Å². The monoisotopic (exact) mass is 583 g/mol. The number of nitrogens with two attached hydrogens (primary N) is 1. The Hall–Kier alpha value is -3.40. The van der Waals surface area contributed by atoms with Crippen LogP contribution in [0.15, 0.2) is 78.9 Å². The fraction of sp³-hybridized carbons (Fsp3) is 0.222. The van der Waals surface area contributed by atoms with Gasteiger partial charge in [0.1, 0.15) is 18.7 Å². The smallest absolute Gasteiger partial charge is 0.411 e. The molecule has 7 nitrogen and oxygen atoms in total. The van der Waals surface area contributed by atoms with Crippen molar-refractivity contribution in [1.29, 1.82) is 0 Å². The summed E-state index contributed by atoms with van der Waals surface area (Å²) in [7, 11) is 0. The van der Waals surface area contributed by atoms with Crippen LogP contribution in [0.2, 0.25) is 0 Å². The van der Waals surface area contributed by atoms with E-state index in [1.807, 2.05) is 78.9 Å². The van der Waals surface area contributed by atoms with Crippen LogP contribution in [-0.2, 0) is 40.3 Å². The third-order valence-electron chi connectivity index (χ3n) is 6.00. The molecule has 0 saturated heterocycles. The summed E-state index contributed by atoms with van der Waals surface area (Å²) >= 11 is 2.20. The summed E-state index contributed by atoms with van der Waals surface area (Å²) in [6, 6.07) is 23.0. The number of benzene rings is 3. The Kier molecular flexibility index (Phi) is 8.02. The van der Waals surface area contributed by atoms with Gasteiger partial charge in [-0.2, -0.15) is 0 Å². The van der Waals surface area contributed by atoms with Crippen molar-refractivity contribution in [1.82, 2.24) is 10.2 Å². The van der Waals surface area contributed by atoms with Gasteiger partial charge in [-0.1, -0.05) is 66.7 Å². The molecule has 4 rings (SSSR count). The topological polar surface area (TPSA) is 102 Å². The van der Waals surface area contributed by atoms with Crippen molar-refractivity contribution in [3.05, 3.63) is 105 Å². The van der Waals surface area contributed by atoms with Gasteiger partial charge >= 0.3 is 6.09 Å². The Morgan fingerprint density at radius 2 is 1.60 bits per heavy atom. The predicted octanol–water partition coefficient (Wildman–Crippen LogP) is 3.57. The quantitative estimate of drug-likeness (QED) is 0.416. The van der Waals surface area contributed by atoms with E-state index in [9.17, 15) is 14.4 Å². The number of primary amides is 1. The van der Waals surface area contributed by atoms with Crippen LogP contribution in [0.1, 0.15) is 22.3 Å². The minimum Gasteiger partial charge on any atom is -0.445 e. The summed E-state index contributed by atoms with van der Waals surface area (Å²) in [5.74, 6) is -1.07. The second-order valence-corrected chi connectivity index (χ2v) is 9.70. The number of nitrogens with one attached hydrogen (secondary N) is 1. The van der Waals surface area contributed by atoms with Gasteiger partial charge in [-0.15, -0.1) is 0 Å². The van der Waals surface area contributed by atoms with Crippen molar-refractivity contribution in [2.75, 3.05) is 0 Å². The molecule has 3 aromatic carbocycles. The number of nitrogens with zero attached hydrogens (tertiary/aromatic N) is 1. The summed E-state index contributed by atoms with van der Waals surface area (Å²) in [5.41, 5.74) is 9.28. The Morgan fingerprint density at radius 3 is 2.29 bits per heavy atom. The lowest BCUT2D eigenvalue weighted by Gasteiger charge is -2.35. The highest BCUT2D eigenvalue weighted by Gasteiger charge is 2.37. The number of fused-ring (bicyclic) bond motifs is 1. The van der Waals surface area contributed by atoms with E-state index in [1.54, 1.807) is 0 Å². The van der Waals surface area contributed by atoms with Crippen LogP contribution < -0.4 is 11.1 Å². The van der Waals surface area contributed by atoms with Gasteiger partial charge in [0, 0.05) is 16.4 Å². The van der Waals surface area contributed by atoms with Crippen molar-refractivity contribution in [2.24, 2.45) is 5.73 Å². The van der Waals surface area contributed by atoms with Gasteiger partial charge in [0.05, 0.1) is 6.54 Å². The van der Waals surface area contributed by atoms with Crippen LogP contribution in [0.3, 0.4) is 0 Å². The molecule has 0 radical (unpaired) electrons. The Balaban J connectivity index is 1.51. The largest absolute Gasteiger partial charge is 0.445 e. The maximum atomic E-state index is 13.4. The molecule has 3 amide bonds. The number of carbonyl (C=O) groups is 3. The second-order valence-electron chi connectivity index (χ2n) is 8.45. The van der Waals surface area contributed by atoms with Crippen LogP contribution in [0, 0.1) is 3.57 Å². The van der Waals surface area contributed by atoms with Crippen LogP contribution in [-0.4, -0.2) is 34.9 Å². The molecule has 0 fully saturated rings. The SMILES string of the molecule is NC(=O)[C@H](Cc1ccc(I)cc1)NC(=O)[C@@H]1Cc2ccccc2CN1C(=O)OCc1ccccc1. The number of hydrogen-bond donors (Lipinski definition) is 2. The first-order chi connectivity index (χ1) is 16.9. The molecule has 35 heavy (non-hydrogen) atoms. The minimum atomic E-state index is -0.901. The highest BCUT2D eigenvalue weighted by molar-refractivity contribution is 14.1. The highest BCUT2D eigenvalue weighted by atomic mass is 127. The summed E-state index contributed by atoms with van der Waals surface area (Å²) in [4.78, 5) is 40.0. The Labute approximate surface area is 217 Å². The number of amides is 3. The zero-order chi connectivity index (χ0) is 24.8. The van der Waals surface area contributed by atoms with Crippen LogP contribution >= 0.6 is 22.6 Å². The normalized spacial score (nSPS) is 15.6. The van der Waals surface area contributed by atoms with E-state index in [2.05, 4.69) is 27.9 Å². The van der Waals surface area contributed by atoms with Crippen LogP contribution in [0.4, 0.5) is 4.79 Å². The molecule has 2 atom stereocenters. The summed E-state index contributed by atoms with van der Waals surface area (Å²) in [6.07, 6.45) is -0.00576. The molecule has 0 aromatic heterocycles. The van der Waals surface area contributed by atoms with E-state index in [0.29, 0.717) is 6.42 Å². The number of carbonyl (C=O) groups excluding carboxylic acids is 3. The molecule has 0 saturated carbocycles. The average Bonchev–Trinajstić information content (AvgIpc) is 2.87. The Bertz CT molecular complexity index is 1200. The first kappa shape index (κ1) is 24.7. The summed E-state index contributed by atoms with van der Waals surface area (Å²) in [6.45, 7) is 0.336. The van der Waals surface area contributed by atoms with E-state index in [4.69, 9.17) is 10.5 Å². The fourth-order valence-corrected chi connectivity index (χ4v) is 4.46. The number of halogens is 1. The van der Waals surface area contributed by atoms with Crippen molar-refractivity contribution in [2.45, 2.75) is 38.1 Å². The maximum Gasteiger partial charge on any atom is 0.411 e. The van der Waals surface area contributed by atoms with Gasteiger partial charge in [0.25, 0.3) is 0 Å². The first-order valence-electron chi connectivity index (χ1n) is 11.3. The summed E-state index contributed by atoms with van der Waals surface area (Å²) < 4.78 is 6.60. The van der Waals surface area contributed by atoms with E-state index >= 15 is 0 Å². The van der Waals surface area contributed by atoms with Crippen LogP contribution in [0.5, 0.6) is 0 Å². The minimum absolute atomic E-state index is 0.100. The molecule has 180 valence electrons. The van der Waals surface area contributed by atoms with E-state index in [1.165, 1.54) is 4.90 Å². The molecular formula is C27H26IN3O4. The van der Waals surface area contributed by atoms with E-state index in [0.717, 1.165) is 25.8 Å². The molecule has 0 unspecified atom stereocenters. The maximum absolute atomic E-state index is 13.4. The van der Waals surface area contributed by atoms with Gasteiger partial charge in [0.2, 0.25) is 11.8 Å². The zero-order valence-corrected chi connectivity index (χ0v) is 21.2. The zero-order valence-electron chi connectivity index (χ0n) is 19.0. The molecule has 0 spiro atoms. The standard InChI is InChI=1S/C27H26IN3O4/c28-22-12-10-18(11-13-22)14-23(25(29)32)30-26(33)24-15-20-8-4-5-9-21(20)16-31(24)27(34)35-17-19-6-2-1-3-7-19/h1-13,23-24H,14-17H2,(H2,29,32)(H,30,33)/t23-,24-/m0/s1. The van der Waals surface area contributed by atoms with Gasteiger partial charge in [-0.3, -0.25) is 14.5 Å². The van der Waals surface area contributed by atoms with Crippen molar-refractivity contribution < 1.29 is 19.1 Å².